The van der Waals surface area contributed by atoms with E-state index in [0.717, 1.165) is 26.6 Å². The van der Waals surface area contributed by atoms with Gasteiger partial charge in [-0.1, -0.05) is 28.1 Å². The van der Waals surface area contributed by atoms with E-state index < -0.39 is 0 Å². The Kier molecular flexibility index (Phi) is 4.17. The fourth-order valence-corrected chi connectivity index (χ4v) is 2.65. The Bertz CT molecular complexity index is 761. The third-order valence-electron chi connectivity index (χ3n) is 2.73. The van der Waals surface area contributed by atoms with Crippen molar-refractivity contribution in [3.8, 4) is 11.3 Å². The van der Waals surface area contributed by atoms with Crippen LogP contribution in [0.4, 0.5) is 5.13 Å². The van der Waals surface area contributed by atoms with E-state index in [1.807, 2.05) is 48.7 Å². The van der Waals surface area contributed by atoms with E-state index in [4.69, 9.17) is 4.42 Å². The summed E-state index contributed by atoms with van der Waals surface area (Å²) in [4.78, 5) is 4.26. The molecule has 1 N–H and O–H groups in total. The van der Waals surface area contributed by atoms with E-state index in [1.54, 1.807) is 6.21 Å². The van der Waals surface area contributed by atoms with Crippen molar-refractivity contribution in [3.63, 3.8) is 0 Å². The smallest absolute Gasteiger partial charge is 0.203 e. The fourth-order valence-electron chi connectivity index (χ4n) is 1.75. The Labute approximate surface area is 134 Å². The van der Waals surface area contributed by atoms with Gasteiger partial charge in [0.15, 0.2) is 0 Å². The minimum absolute atomic E-state index is 0.689. The largest absolute Gasteiger partial charge is 0.455 e. The summed E-state index contributed by atoms with van der Waals surface area (Å²) in [7, 11) is 0. The predicted octanol–water partition coefficient (Wildman–Crippen LogP) is 4.92. The monoisotopic (exact) mass is 361 g/mol. The normalized spacial score (nSPS) is 11.1. The topological polar surface area (TPSA) is 50.4 Å². The first-order valence-corrected chi connectivity index (χ1v) is 7.95. The van der Waals surface area contributed by atoms with E-state index in [2.05, 4.69) is 31.4 Å². The zero-order chi connectivity index (χ0) is 14.7. The molecule has 0 aliphatic heterocycles. The van der Waals surface area contributed by atoms with Crippen LogP contribution in [-0.2, 0) is 0 Å². The second kappa shape index (κ2) is 6.24. The number of rotatable bonds is 4. The zero-order valence-corrected chi connectivity index (χ0v) is 13.6. The van der Waals surface area contributed by atoms with E-state index in [0.29, 0.717) is 5.76 Å². The lowest BCUT2D eigenvalue weighted by atomic mass is 10.2. The summed E-state index contributed by atoms with van der Waals surface area (Å²) in [6, 6.07) is 11.8. The standard InChI is InChI=1S/C15H12BrN3OS/c1-10-9-21-15(18-10)19-17-8-13-6-7-14(20-13)11-2-4-12(16)5-3-11/h2-9H,1H3,(H,18,19). The maximum absolute atomic E-state index is 5.73. The predicted molar refractivity (Wildman–Crippen MR) is 89.9 cm³/mol. The van der Waals surface area contributed by atoms with Crippen LogP contribution in [0.15, 0.2) is 55.8 Å². The van der Waals surface area contributed by atoms with Crippen LogP contribution in [0.2, 0.25) is 0 Å². The molecular formula is C15H12BrN3OS. The number of aryl methyl sites for hydroxylation is 1. The van der Waals surface area contributed by atoms with Crippen LogP contribution in [0.1, 0.15) is 11.5 Å². The van der Waals surface area contributed by atoms with Crippen molar-refractivity contribution in [2.24, 2.45) is 5.10 Å². The van der Waals surface area contributed by atoms with Crippen LogP contribution in [0.5, 0.6) is 0 Å². The Balaban J connectivity index is 1.68. The molecule has 3 aromatic rings. The third-order valence-corrected chi connectivity index (χ3v) is 4.12. The van der Waals surface area contributed by atoms with Gasteiger partial charge in [-0.15, -0.1) is 11.3 Å². The SMILES string of the molecule is Cc1csc(NN=Cc2ccc(-c3ccc(Br)cc3)o2)n1. The molecule has 0 saturated heterocycles. The number of hydrogen-bond donors (Lipinski definition) is 1. The first kappa shape index (κ1) is 14.0. The highest BCUT2D eigenvalue weighted by atomic mass is 79.9. The molecule has 106 valence electrons. The van der Waals surface area contributed by atoms with Gasteiger partial charge in [-0.25, -0.2) is 4.98 Å². The molecule has 0 atom stereocenters. The summed E-state index contributed by atoms with van der Waals surface area (Å²) < 4.78 is 6.78. The van der Waals surface area contributed by atoms with Crippen molar-refractivity contribution >= 4 is 38.6 Å². The maximum atomic E-state index is 5.73. The molecule has 6 heteroatoms. The number of furan rings is 1. The van der Waals surface area contributed by atoms with Crippen LogP contribution >= 0.6 is 27.3 Å². The third kappa shape index (κ3) is 3.59. The second-order valence-electron chi connectivity index (χ2n) is 4.37. The number of aromatic nitrogens is 1. The molecule has 0 unspecified atom stereocenters. The Morgan fingerprint density at radius 2 is 2.05 bits per heavy atom. The quantitative estimate of drug-likeness (QED) is 0.529. The van der Waals surface area contributed by atoms with Gasteiger partial charge in [0.2, 0.25) is 5.13 Å². The van der Waals surface area contributed by atoms with Gasteiger partial charge >= 0.3 is 0 Å². The van der Waals surface area contributed by atoms with Crippen molar-refractivity contribution in [3.05, 3.63) is 57.7 Å². The van der Waals surface area contributed by atoms with E-state index >= 15 is 0 Å². The van der Waals surface area contributed by atoms with Crippen molar-refractivity contribution in [1.29, 1.82) is 0 Å². The number of thiazole rings is 1. The van der Waals surface area contributed by atoms with Crippen LogP contribution in [-0.4, -0.2) is 11.2 Å². The van der Waals surface area contributed by atoms with Gasteiger partial charge in [-0.3, -0.25) is 5.43 Å². The van der Waals surface area contributed by atoms with E-state index in [9.17, 15) is 0 Å². The number of nitrogens with zero attached hydrogens (tertiary/aromatic N) is 2. The number of nitrogens with one attached hydrogen (secondary N) is 1. The van der Waals surface area contributed by atoms with E-state index in [1.165, 1.54) is 11.3 Å². The number of hydrogen-bond acceptors (Lipinski definition) is 5. The Morgan fingerprint density at radius 3 is 2.76 bits per heavy atom. The van der Waals surface area contributed by atoms with Gasteiger partial charge in [0, 0.05) is 15.4 Å². The highest BCUT2D eigenvalue weighted by molar-refractivity contribution is 9.10. The van der Waals surface area contributed by atoms with Crippen molar-refractivity contribution in [2.75, 3.05) is 5.43 Å². The molecule has 0 fully saturated rings. The molecule has 21 heavy (non-hydrogen) atoms. The molecule has 3 rings (SSSR count). The Morgan fingerprint density at radius 1 is 1.24 bits per heavy atom. The Hall–Kier alpha value is -1.92. The lowest BCUT2D eigenvalue weighted by Gasteiger charge is -1.96. The molecule has 0 radical (unpaired) electrons. The van der Waals surface area contributed by atoms with Crippen LogP contribution < -0.4 is 5.43 Å². The minimum Gasteiger partial charge on any atom is -0.455 e. The molecule has 2 heterocycles. The lowest BCUT2D eigenvalue weighted by Crippen LogP contribution is -1.88. The molecule has 2 aromatic heterocycles. The van der Waals surface area contributed by atoms with Crippen molar-refractivity contribution in [1.82, 2.24) is 4.98 Å². The van der Waals surface area contributed by atoms with Crippen LogP contribution in [0.3, 0.4) is 0 Å². The molecule has 0 aliphatic carbocycles. The molecule has 4 nitrogen and oxygen atoms in total. The van der Waals surface area contributed by atoms with Gasteiger partial charge in [-0.2, -0.15) is 5.10 Å². The number of benzene rings is 1. The van der Waals surface area contributed by atoms with Gasteiger partial charge < -0.3 is 4.42 Å². The fraction of sp³-hybridized carbons (Fsp3) is 0.0667. The van der Waals surface area contributed by atoms with Gasteiger partial charge in [-0.05, 0) is 31.2 Å². The van der Waals surface area contributed by atoms with Gasteiger partial charge in [0.05, 0.1) is 11.9 Å². The maximum Gasteiger partial charge on any atom is 0.203 e. The summed E-state index contributed by atoms with van der Waals surface area (Å²) in [5.74, 6) is 1.50. The number of hydrazone groups is 1. The lowest BCUT2D eigenvalue weighted by molar-refractivity contribution is 0.575. The first-order valence-electron chi connectivity index (χ1n) is 6.28. The molecule has 0 spiro atoms. The summed E-state index contributed by atoms with van der Waals surface area (Å²) in [5.41, 5.74) is 4.89. The van der Waals surface area contributed by atoms with Crippen molar-refractivity contribution < 1.29 is 4.42 Å². The van der Waals surface area contributed by atoms with Crippen LogP contribution in [0, 0.1) is 6.92 Å². The van der Waals surface area contributed by atoms with E-state index in [-0.39, 0.29) is 0 Å². The number of anilines is 1. The van der Waals surface area contributed by atoms with Gasteiger partial charge in [0.25, 0.3) is 0 Å². The summed E-state index contributed by atoms with van der Waals surface area (Å²) in [6.45, 7) is 1.95. The summed E-state index contributed by atoms with van der Waals surface area (Å²) in [6.07, 6.45) is 1.64. The second-order valence-corrected chi connectivity index (χ2v) is 6.15. The molecule has 0 saturated carbocycles. The highest BCUT2D eigenvalue weighted by Gasteiger charge is 2.03. The molecule has 0 aliphatic rings. The minimum atomic E-state index is 0.689. The average Bonchev–Trinajstić information content (AvgIpc) is 3.09. The summed E-state index contributed by atoms with van der Waals surface area (Å²) >= 11 is 4.93. The van der Waals surface area contributed by atoms with Gasteiger partial charge in [0.1, 0.15) is 11.5 Å². The molecule has 0 bridgehead atoms. The molecular weight excluding hydrogens is 350 g/mol. The van der Waals surface area contributed by atoms with Crippen molar-refractivity contribution in [2.45, 2.75) is 6.92 Å². The first-order chi connectivity index (χ1) is 10.2. The molecule has 1 aromatic carbocycles. The zero-order valence-electron chi connectivity index (χ0n) is 11.2. The summed E-state index contributed by atoms with van der Waals surface area (Å²) in [5, 5.41) is 6.85. The molecule has 0 amide bonds. The average molecular weight is 362 g/mol. The van der Waals surface area contributed by atoms with Crippen LogP contribution in [0.25, 0.3) is 11.3 Å². The number of halogens is 1. The highest BCUT2D eigenvalue weighted by Crippen LogP contribution is 2.23.